The van der Waals surface area contributed by atoms with Crippen molar-refractivity contribution in [3.05, 3.63) is 0 Å². The summed E-state index contributed by atoms with van der Waals surface area (Å²) in [6.45, 7) is 0. The molecule has 0 aliphatic rings. The largest absolute Gasteiger partial charge is 0.478 e. The van der Waals surface area contributed by atoms with Gasteiger partial charge in [-0.05, 0) is 0 Å². The van der Waals surface area contributed by atoms with E-state index in [2.05, 4.69) is 9.98 Å². The average molecular weight is 248 g/mol. The van der Waals surface area contributed by atoms with Gasteiger partial charge in [0, 0.05) is 0 Å². The Morgan fingerprint density at radius 3 is 1.41 bits per heavy atom. The summed E-state index contributed by atoms with van der Waals surface area (Å²) in [4.78, 5) is 28.1. The molecule has 0 spiro atoms. The van der Waals surface area contributed by atoms with Crippen molar-refractivity contribution in [2.75, 3.05) is 0 Å². The zero-order valence-electron chi connectivity index (χ0n) is 8.41. The van der Waals surface area contributed by atoms with Crippen LogP contribution in [0.25, 0.3) is 0 Å². The molecule has 0 bridgehead atoms. The van der Waals surface area contributed by atoms with E-state index in [0.29, 0.717) is 0 Å². The van der Waals surface area contributed by atoms with Gasteiger partial charge in [-0.3, -0.25) is 10.9 Å². The van der Waals surface area contributed by atoms with E-state index in [4.69, 9.17) is 33.4 Å². The molecule has 0 fully saturated rings. The summed E-state index contributed by atoms with van der Waals surface area (Å²) in [6, 6.07) is 0. The number of carbonyl (C=O) groups is 2. The Morgan fingerprint density at radius 2 is 1.24 bits per heavy atom. The second kappa shape index (κ2) is 5.47. The summed E-state index contributed by atoms with van der Waals surface area (Å²) in [5.74, 6) is 4.48. The number of nitrogens with one attached hydrogen (secondary N) is 2. The minimum Gasteiger partial charge on any atom is -0.478 e. The topological polar surface area (TPSA) is 227 Å². The molecular formula is C5H12N8O4. The molecule has 0 saturated heterocycles. The van der Waals surface area contributed by atoms with Crippen molar-refractivity contribution >= 4 is 23.9 Å². The Labute approximate surface area is 94.3 Å². The van der Waals surface area contributed by atoms with Gasteiger partial charge < -0.3 is 21.7 Å². The Morgan fingerprint density at radius 1 is 0.941 bits per heavy atom. The van der Waals surface area contributed by atoms with Crippen molar-refractivity contribution in [2.45, 2.75) is 5.66 Å². The third kappa shape index (κ3) is 3.18. The number of carboxylic acids is 2. The fourth-order valence-electron chi connectivity index (χ4n) is 0.721. The first-order chi connectivity index (χ1) is 7.80. The molecule has 12 N–H and O–H groups in total. The van der Waals surface area contributed by atoms with Crippen LogP contribution in [0.3, 0.4) is 0 Å². The number of guanidine groups is 2. The lowest BCUT2D eigenvalue weighted by atomic mass is 10.2. The summed E-state index contributed by atoms with van der Waals surface area (Å²) in [5.41, 5.74) is 10.7. The fraction of sp³-hybridized carbons (Fsp3) is 0.200. The molecule has 17 heavy (non-hydrogen) atoms. The molecule has 0 aliphatic heterocycles. The highest BCUT2D eigenvalue weighted by atomic mass is 16.4. The Bertz CT molecular complexity index is 340. The molecule has 0 rings (SSSR count). The van der Waals surface area contributed by atoms with Crippen LogP contribution in [0.2, 0.25) is 0 Å². The van der Waals surface area contributed by atoms with Crippen LogP contribution in [0.15, 0.2) is 9.98 Å². The molecule has 0 heterocycles. The van der Waals surface area contributed by atoms with Crippen LogP contribution in [-0.4, -0.2) is 39.7 Å². The predicted octanol–water partition coefficient (Wildman–Crippen LogP) is -4.59. The summed E-state index contributed by atoms with van der Waals surface area (Å²) in [6.07, 6.45) is 0. The lowest BCUT2D eigenvalue weighted by Gasteiger charge is -2.17. The predicted molar refractivity (Wildman–Crippen MR) is 55.9 cm³/mol. The number of aliphatic carboxylic acids is 2. The molecule has 0 aliphatic carbocycles. The maximum Gasteiger partial charge on any atom is 0.367 e. The van der Waals surface area contributed by atoms with Crippen molar-refractivity contribution in [3.63, 3.8) is 0 Å². The fourth-order valence-corrected chi connectivity index (χ4v) is 0.721. The van der Waals surface area contributed by atoms with Crippen molar-refractivity contribution in [1.29, 1.82) is 0 Å². The van der Waals surface area contributed by atoms with Crippen molar-refractivity contribution < 1.29 is 19.8 Å². The third-order valence-electron chi connectivity index (χ3n) is 1.46. The molecule has 0 amide bonds. The van der Waals surface area contributed by atoms with E-state index in [1.165, 1.54) is 0 Å². The lowest BCUT2D eigenvalue weighted by molar-refractivity contribution is -0.156. The summed E-state index contributed by atoms with van der Waals surface area (Å²) < 4.78 is 0. The van der Waals surface area contributed by atoms with Gasteiger partial charge in [-0.2, -0.15) is 9.98 Å². The van der Waals surface area contributed by atoms with Crippen LogP contribution in [0.4, 0.5) is 0 Å². The summed E-state index contributed by atoms with van der Waals surface area (Å²) in [7, 11) is 0. The Balaban J connectivity index is 5.79. The average Bonchev–Trinajstić information content (AvgIpc) is 2.26. The number of hydrazine groups is 2. The van der Waals surface area contributed by atoms with E-state index in [-0.39, 0.29) is 0 Å². The van der Waals surface area contributed by atoms with Crippen molar-refractivity contribution in [3.8, 4) is 0 Å². The van der Waals surface area contributed by atoms with E-state index in [1.54, 1.807) is 10.9 Å². The molecule has 0 aromatic rings. The van der Waals surface area contributed by atoms with Gasteiger partial charge in [0.15, 0.2) is 0 Å². The third-order valence-corrected chi connectivity index (χ3v) is 1.46. The normalized spacial score (nSPS) is 13.1. The number of aliphatic imine (C=N–C) groups is 2. The van der Waals surface area contributed by atoms with Crippen LogP contribution in [-0.2, 0) is 9.59 Å². The molecule has 0 saturated carbocycles. The zero-order chi connectivity index (χ0) is 13.6. The first-order valence-corrected chi connectivity index (χ1v) is 3.90. The van der Waals surface area contributed by atoms with Crippen LogP contribution in [0.5, 0.6) is 0 Å². The van der Waals surface area contributed by atoms with Crippen LogP contribution < -0.4 is 34.0 Å². The maximum absolute atomic E-state index is 10.9. The van der Waals surface area contributed by atoms with Crippen molar-refractivity contribution in [2.24, 2.45) is 33.1 Å². The van der Waals surface area contributed by atoms with E-state index in [1.807, 2.05) is 0 Å². The maximum atomic E-state index is 10.9. The van der Waals surface area contributed by atoms with Crippen LogP contribution in [0, 0.1) is 0 Å². The van der Waals surface area contributed by atoms with E-state index < -0.39 is 29.5 Å². The van der Waals surface area contributed by atoms with Gasteiger partial charge in [-0.15, -0.1) is 0 Å². The Hall–Kier alpha value is -2.60. The van der Waals surface area contributed by atoms with Gasteiger partial charge in [0.2, 0.25) is 11.9 Å². The highest BCUT2D eigenvalue weighted by Crippen LogP contribution is 2.14. The number of rotatable bonds is 4. The number of carboxylic acid groups (broad SMARTS) is 2. The minimum atomic E-state index is -2.98. The molecule has 0 atom stereocenters. The molecule has 0 unspecified atom stereocenters. The van der Waals surface area contributed by atoms with Gasteiger partial charge in [-0.25, -0.2) is 21.3 Å². The van der Waals surface area contributed by atoms with Crippen LogP contribution >= 0.6 is 0 Å². The van der Waals surface area contributed by atoms with Gasteiger partial charge in [0.05, 0.1) is 0 Å². The van der Waals surface area contributed by atoms with E-state index in [9.17, 15) is 9.59 Å². The first kappa shape index (κ1) is 14.4. The number of nitrogens with zero attached hydrogens (tertiary/aromatic N) is 2. The number of nitrogens with two attached hydrogens (primary N) is 4. The minimum absolute atomic E-state index is 0.664. The molecule has 12 heteroatoms. The standard InChI is InChI=1S/C5H12N8O4/c6-3(12-8)10-5(1(14)15,2(16)17)11-4(7)13-9/h8-9H2,(H,14,15)(H,16,17)(H3,6,10,12)(H3,7,11,13). The Kier molecular flexibility index (Phi) is 4.64. The van der Waals surface area contributed by atoms with Crippen molar-refractivity contribution in [1.82, 2.24) is 10.9 Å². The molecule has 96 valence electrons. The molecule has 0 radical (unpaired) electrons. The zero-order valence-corrected chi connectivity index (χ0v) is 8.41. The van der Waals surface area contributed by atoms with E-state index in [0.717, 1.165) is 0 Å². The first-order valence-electron chi connectivity index (χ1n) is 3.90. The van der Waals surface area contributed by atoms with Crippen LogP contribution in [0.1, 0.15) is 0 Å². The van der Waals surface area contributed by atoms with Gasteiger partial charge in [-0.1, -0.05) is 0 Å². The highest BCUT2D eigenvalue weighted by molar-refractivity contribution is 6.06. The quantitative estimate of drug-likeness (QED) is 0.0779. The monoisotopic (exact) mass is 248 g/mol. The van der Waals surface area contributed by atoms with E-state index >= 15 is 0 Å². The molecular weight excluding hydrogens is 236 g/mol. The smallest absolute Gasteiger partial charge is 0.367 e. The highest BCUT2D eigenvalue weighted by Gasteiger charge is 2.48. The second-order valence-electron chi connectivity index (χ2n) is 2.57. The summed E-state index contributed by atoms with van der Waals surface area (Å²) >= 11 is 0. The summed E-state index contributed by atoms with van der Waals surface area (Å²) in [5, 5.41) is 17.7. The van der Waals surface area contributed by atoms with Gasteiger partial charge in [0.1, 0.15) is 0 Å². The van der Waals surface area contributed by atoms with Gasteiger partial charge >= 0.3 is 17.6 Å². The number of hydrogen-bond acceptors (Lipinski definition) is 6. The molecule has 0 aromatic heterocycles. The SMILES string of the molecule is NNC(N)=NC(N=C(N)NN)(C(=O)O)C(=O)O. The number of hydrogen-bond donors (Lipinski definition) is 8. The lowest BCUT2D eigenvalue weighted by Crippen LogP contribution is -2.51. The van der Waals surface area contributed by atoms with Gasteiger partial charge in [0.25, 0.3) is 0 Å². The molecule has 0 aromatic carbocycles. The second-order valence-corrected chi connectivity index (χ2v) is 2.57. The molecule has 12 nitrogen and oxygen atoms in total.